The number of likely N-dealkylation sites (N-methyl/N-ethyl adjacent to an activating group) is 1. The van der Waals surface area contributed by atoms with Crippen molar-refractivity contribution in [1.29, 1.82) is 0 Å². The molecule has 0 spiro atoms. The standard InChI is InChI=1S/C11H15N3OS/c1-11(2,12-3)9(15)6-8-7-14-4-5-16-10(14)13-8/h4-5,7,12H,6H2,1-3H3. The summed E-state index contributed by atoms with van der Waals surface area (Å²) in [5, 5.41) is 4.99. The zero-order chi connectivity index (χ0) is 11.8. The van der Waals surface area contributed by atoms with E-state index in [1.54, 1.807) is 18.4 Å². The maximum Gasteiger partial charge on any atom is 0.193 e. The molecule has 0 saturated carbocycles. The smallest absolute Gasteiger partial charge is 0.193 e. The van der Waals surface area contributed by atoms with Crippen LogP contribution in [0.5, 0.6) is 0 Å². The van der Waals surface area contributed by atoms with Crippen LogP contribution in [0.1, 0.15) is 19.5 Å². The number of imidazole rings is 1. The van der Waals surface area contributed by atoms with Crippen molar-refractivity contribution < 1.29 is 4.79 Å². The van der Waals surface area contributed by atoms with Gasteiger partial charge in [-0.3, -0.25) is 9.20 Å². The summed E-state index contributed by atoms with van der Waals surface area (Å²) in [5.74, 6) is 0.153. The Morgan fingerprint density at radius 3 is 3.00 bits per heavy atom. The summed E-state index contributed by atoms with van der Waals surface area (Å²) in [6.07, 6.45) is 4.24. The first-order valence-corrected chi connectivity index (χ1v) is 6.04. The van der Waals surface area contributed by atoms with E-state index in [1.807, 2.05) is 36.0 Å². The molecule has 0 bridgehead atoms. The van der Waals surface area contributed by atoms with Crippen molar-refractivity contribution in [3.8, 4) is 0 Å². The van der Waals surface area contributed by atoms with E-state index in [0.717, 1.165) is 10.7 Å². The molecule has 4 nitrogen and oxygen atoms in total. The first kappa shape index (κ1) is 11.3. The van der Waals surface area contributed by atoms with Crippen LogP contribution in [0.4, 0.5) is 0 Å². The lowest BCUT2D eigenvalue weighted by Crippen LogP contribution is -2.45. The molecule has 0 unspecified atom stereocenters. The number of nitrogens with one attached hydrogen (secondary N) is 1. The number of rotatable bonds is 4. The summed E-state index contributed by atoms with van der Waals surface area (Å²) in [5.41, 5.74) is 0.344. The lowest BCUT2D eigenvalue weighted by atomic mass is 9.96. The van der Waals surface area contributed by atoms with Crippen LogP contribution in [0, 0.1) is 0 Å². The van der Waals surface area contributed by atoms with Gasteiger partial charge in [0.1, 0.15) is 0 Å². The number of thiazole rings is 1. The number of aromatic nitrogens is 2. The predicted molar refractivity (Wildman–Crippen MR) is 64.9 cm³/mol. The van der Waals surface area contributed by atoms with Gasteiger partial charge < -0.3 is 5.32 Å². The molecule has 2 rings (SSSR count). The summed E-state index contributed by atoms with van der Waals surface area (Å²) in [6, 6.07) is 0. The zero-order valence-electron chi connectivity index (χ0n) is 9.65. The predicted octanol–water partition coefficient (Wildman–Crippen LogP) is 1.51. The first-order chi connectivity index (χ1) is 7.53. The third kappa shape index (κ3) is 2.01. The van der Waals surface area contributed by atoms with Crippen LogP contribution in [-0.2, 0) is 11.2 Å². The number of ketones is 1. The third-order valence-electron chi connectivity index (χ3n) is 2.81. The fourth-order valence-electron chi connectivity index (χ4n) is 1.39. The summed E-state index contributed by atoms with van der Waals surface area (Å²) < 4.78 is 1.94. The molecule has 0 fully saturated rings. The van der Waals surface area contributed by atoms with E-state index in [9.17, 15) is 4.79 Å². The fourth-order valence-corrected chi connectivity index (χ4v) is 2.11. The Bertz CT molecular complexity index is 484. The van der Waals surface area contributed by atoms with Gasteiger partial charge in [-0.25, -0.2) is 4.98 Å². The first-order valence-electron chi connectivity index (χ1n) is 5.16. The lowest BCUT2D eigenvalue weighted by Gasteiger charge is -2.21. The second-order valence-corrected chi connectivity index (χ2v) is 5.17. The number of carbonyl (C=O) groups is 1. The van der Waals surface area contributed by atoms with Crippen molar-refractivity contribution in [2.75, 3.05) is 7.05 Å². The van der Waals surface area contributed by atoms with Crippen molar-refractivity contribution >= 4 is 22.1 Å². The highest BCUT2D eigenvalue weighted by Crippen LogP contribution is 2.14. The summed E-state index contributed by atoms with van der Waals surface area (Å²) in [6.45, 7) is 3.77. The number of hydrogen-bond acceptors (Lipinski definition) is 4. The fraction of sp³-hybridized carbons (Fsp3) is 0.455. The Kier molecular flexibility index (Phi) is 2.82. The molecule has 0 aliphatic rings. The minimum absolute atomic E-state index is 0.153. The lowest BCUT2D eigenvalue weighted by molar-refractivity contribution is -0.123. The molecule has 0 saturated heterocycles. The molecular weight excluding hydrogens is 222 g/mol. The van der Waals surface area contributed by atoms with E-state index < -0.39 is 5.54 Å². The molecule has 0 aliphatic heterocycles. The van der Waals surface area contributed by atoms with Gasteiger partial charge in [0, 0.05) is 17.8 Å². The summed E-state index contributed by atoms with van der Waals surface area (Å²) >= 11 is 1.57. The molecule has 5 heteroatoms. The molecule has 0 atom stereocenters. The summed E-state index contributed by atoms with van der Waals surface area (Å²) in [7, 11) is 1.80. The Labute approximate surface area is 98.3 Å². The Morgan fingerprint density at radius 2 is 2.38 bits per heavy atom. The van der Waals surface area contributed by atoms with Gasteiger partial charge in [-0.15, -0.1) is 11.3 Å². The monoisotopic (exact) mass is 237 g/mol. The number of Topliss-reactive ketones (excluding diaryl/α,β-unsaturated/α-hetero) is 1. The van der Waals surface area contributed by atoms with E-state index in [-0.39, 0.29) is 5.78 Å². The van der Waals surface area contributed by atoms with Crippen LogP contribution in [0.25, 0.3) is 4.96 Å². The topological polar surface area (TPSA) is 46.4 Å². The average Bonchev–Trinajstić information content (AvgIpc) is 2.77. The van der Waals surface area contributed by atoms with Crippen LogP contribution < -0.4 is 5.32 Å². The largest absolute Gasteiger partial charge is 0.308 e. The minimum atomic E-state index is -0.489. The molecule has 0 amide bonds. The molecule has 1 N–H and O–H groups in total. The Morgan fingerprint density at radius 1 is 1.62 bits per heavy atom. The highest BCUT2D eigenvalue weighted by Gasteiger charge is 2.25. The number of hydrogen-bond donors (Lipinski definition) is 1. The van der Waals surface area contributed by atoms with E-state index in [0.29, 0.717) is 6.42 Å². The maximum atomic E-state index is 12.0. The molecule has 16 heavy (non-hydrogen) atoms. The van der Waals surface area contributed by atoms with E-state index in [4.69, 9.17) is 0 Å². The van der Waals surface area contributed by atoms with Crippen LogP contribution in [-0.4, -0.2) is 27.8 Å². The zero-order valence-corrected chi connectivity index (χ0v) is 10.5. The third-order valence-corrected chi connectivity index (χ3v) is 3.58. The van der Waals surface area contributed by atoms with Gasteiger partial charge in [0.05, 0.1) is 17.7 Å². The van der Waals surface area contributed by atoms with Crippen molar-refractivity contribution in [1.82, 2.24) is 14.7 Å². The molecule has 2 aromatic heterocycles. The normalized spacial score (nSPS) is 12.2. The maximum absolute atomic E-state index is 12.0. The Hall–Kier alpha value is -1.20. The molecule has 2 heterocycles. The molecule has 2 aromatic rings. The van der Waals surface area contributed by atoms with E-state index in [2.05, 4.69) is 10.3 Å². The van der Waals surface area contributed by atoms with Crippen molar-refractivity contribution in [2.45, 2.75) is 25.8 Å². The van der Waals surface area contributed by atoms with Crippen LogP contribution in [0.2, 0.25) is 0 Å². The SMILES string of the molecule is CNC(C)(C)C(=O)Cc1cn2ccsc2n1. The number of fused-ring (bicyclic) bond motifs is 1. The quantitative estimate of drug-likeness (QED) is 0.876. The molecule has 0 aromatic carbocycles. The van der Waals surface area contributed by atoms with Gasteiger partial charge in [-0.1, -0.05) is 0 Å². The van der Waals surface area contributed by atoms with Crippen molar-refractivity contribution in [3.63, 3.8) is 0 Å². The molecule has 86 valence electrons. The van der Waals surface area contributed by atoms with Gasteiger partial charge in [0.15, 0.2) is 10.7 Å². The minimum Gasteiger partial charge on any atom is -0.308 e. The van der Waals surface area contributed by atoms with Crippen molar-refractivity contribution in [2.24, 2.45) is 0 Å². The van der Waals surface area contributed by atoms with Gasteiger partial charge in [-0.2, -0.15) is 0 Å². The molecule has 0 aliphatic carbocycles. The van der Waals surface area contributed by atoms with Gasteiger partial charge in [0.2, 0.25) is 0 Å². The highest BCUT2D eigenvalue weighted by molar-refractivity contribution is 7.15. The van der Waals surface area contributed by atoms with Crippen LogP contribution in [0.3, 0.4) is 0 Å². The van der Waals surface area contributed by atoms with Gasteiger partial charge in [-0.05, 0) is 20.9 Å². The number of nitrogens with zero attached hydrogens (tertiary/aromatic N) is 2. The molecular formula is C11H15N3OS. The van der Waals surface area contributed by atoms with E-state index >= 15 is 0 Å². The van der Waals surface area contributed by atoms with E-state index in [1.165, 1.54) is 0 Å². The Balaban J connectivity index is 2.16. The van der Waals surface area contributed by atoms with Gasteiger partial charge in [0.25, 0.3) is 0 Å². The van der Waals surface area contributed by atoms with Gasteiger partial charge >= 0.3 is 0 Å². The average molecular weight is 237 g/mol. The van der Waals surface area contributed by atoms with Crippen LogP contribution in [0.15, 0.2) is 17.8 Å². The summed E-state index contributed by atoms with van der Waals surface area (Å²) in [4.78, 5) is 17.3. The van der Waals surface area contributed by atoms with Crippen molar-refractivity contribution in [3.05, 3.63) is 23.5 Å². The number of carbonyl (C=O) groups excluding carboxylic acids is 1. The molecule has 0 radical (unpaired) electrons. The second kappa shape index (κ2) is 3.99. The second-order valence-electron chi connectivity index (χ2n) is 4.30. The van der Waals surface area contributed by atoms with Crippen LogP contribution >= 0.6 is 11.3 Å². The highest BCUT2D eigenvalue weighted by atomic mass is 32.1.